The van der Waals surface area contributed by atoms with E-state index in [4.69, 9.17) is 0 Å². The van der Waals surface area contributed by atoms with E-state index in [1.807, 2.05) is 37.3 Å². The maximum absolute atomic E-state index is 10.9. The molecule has 70 valence electrons. The van der Waals surface area contributed by atoms with Crippen molar-refractivity contribution in [3.05, 3.63) is 30.3 Å². The summed E-state index contributed by atoms with van der Waals surface area (Å²) >= 11 is 0. The molecular weight excluding hydrogens is 166 g/mol. The molecule has 0 aliphatic rings. The summed E-state index contributed by atoms with van der Waals surface area (Å²) in [6.45, 7) is 2.48. The molecule has 0 atom stereocenters. The number of nitrogens with one attached hydrogen (secondary N) is 3. The molecule has 0 aliphatic heterocycles. The number of carbonyl (C=O) groups is 1. The van der Waals surface area contributed by atoms with Crippen LogP contribution in [-0.4, -0.2) is 12.6 Å². The average molecular weight is 179 g/mol. The van der Waals surface area contributed by atoms with Crippen molar-refractivity contribution in [2.45, 2.75) is 6.92 Å². The molecule has 0 fully saturated rings. The van der Waals surface area contributed by atoms with Gasteiger partial charge in [-0.1, -0.05) is 18.2 Å². The molecule has 0 aromatic heterocycles. The highest BCUT2D eigenvalue weighted by molar-refractivity contribution is 5.75. The van der Waals surface area contributed by atoms with Gasteiger partial charge in [0.15, 0.2) is 0 Å². The third-order valence-corrected chi connectivity index (χ3v) is 1.43. The van der Waals surface area contributed by atoms with Crippen molar-refractivity contribution < 1.29 is 4.79 Å². The van der Waals surface area contributed by atoms with Crippen LogP contribution >= 0.6 is 0 Å². The summed E-state index contributed by atoms with van der Waals surface area (Å²) in [4.78, 5) is 10.9. The van der Waals surface area contributed by atoms with Gasteiger partial charge in [-0.3, -0.25) is 10.9 Å². The van der Waals surface area contributed by atoms with Gasteiger partial charge in [0.2, 0.25) is 0 Å². The molecule has 4 heteroatoms. The monoisotopic (exact) mass is 179 g/mol. The Balaban J connectivity index is 2.31. The van der Waals surface area contributed by atoms with Crippen molar-refractivity contribution in [2.24, 2.45) is 0 Å². The molecule has 0 aliphatic carbocycles. The summed E-state index contributed by atoms with van der Waals surface area (Å²) in [7, 11) is 0. The van der Waals surface area contributed by atoms with Crippen molar-refractivity contribution in [1.29, 1.82) is 0 Å². The van der Waals surface area contributed by atoms with Gasteiger partial charge >= 0.3 is 6.03 Å². The molecule has 0 radical (unpaired) electrons. The lowest BCUT2D eigenvalue weighted by atomic mass is 10.3. The zero-order valence-electron chi connectivity index (χ0n) is 7.50. The number of urea groups is 1. The number of hydrazine groups is 1. The zero-order valence-corrected chi connectivity index (χ0v) is 7.50. The minimum atomic E-state index is -0.230. The van der Waals surface area contributed by atoms with Crippen LogP contribution in [0.25, 0.3) is 0 Å². The van der Waals surface area contributed by atoms with Crippen molar-refractivity contribution >= 4 is 11.7 Å². The lowest BCUT2D eigenvalue weighted by molar-refractivity contribution is 0.243. The van der Waals surface area contributed by atoms with Gasteiger partial charge in [-0.2, -0.15) is 0 Å². The van der Waals surface area contributed by atoms with Gasteiger partial charge in [0, 0.05) is 6.54 Å². The molecule has 13 heavy (non-hydrogen) atoms. The largest absolute Gasteiger partial charge is 0.337 e. The van der Waals surface area contributed by atoms with Gasteiger partial charge in [0.25, 0.3) is 0 Å². The first-order valence-electron chi connectivity index (χ1n) is 4.18. The van der Waals surface area contributed by atoms with Crippen LogP contribution in [0.2, 0.25) is 0 Å². The van der Waals surface area contributed by atoms with Crippen LogP contribution in [0.3, 0.4) is 0 Å². The number of amides is 2. The Morgan fingerprint density at radius 2 is 2.00 bits per heavy atom. The fourth-order valence-corrected chi connectivity index (χ4v) is 0.855. The molecule has 1 aromatic rings. The van der Waals surface area contributed by atoms with Crippen molar-refractivity contribution in [3.63, 3.8) is 0 Å². The highest BCUT2D eigenvalue weighted by Crippen LogP contribution is 2.01. The third kappa shape index (κ3) is 3.46. The molecule has 0 saturated carbocycles. The van der Waals surface area contributed by atoms with Crippen molar-refractivity contribution in [1.82, 2.24) is 10.7 Å². The van der Waals surface area contributed by atoms with Crippen LogP contribution in [0.1, 0.15) is 6.92 Å². The van der Waals surface area contributed by atoms with E-state index in [1.54, 1.807) is 0 Å². The Morgan fingerprint density at radius 1 is 1.31 bits per heavy atom. The highest BCUT2D eigenvalue weighted by Gasteiger charge is 1.94. The molecular formula is C9H13N3O. The fraction of sp³-hybridized carbons (Fsp3) is 0.222. The van der Waals surface area contributed by atoms with E-state index in [-0.39, 0.29) is 6.03 Å². The van der Waals surface area contributed by atoms with Gasteiger partial charge in [0.05, 0.1) is 5.69 Å². The van der Waals surface area contributed by atoms with Crippen LogP contribution in [0.4, 0.5) is 10.5 Å². The van der Waals surface area contributed by atoms with E-state index in [0.717, 1.165) is 5.69 Å². The molecule has 4 nitrogen and oxygen atoms in total. The van der Waals surface area contributed by atoms with E-state index in [9.17, 15) is 4.79 Å². The van der Waals surface area contributed by atoms with Gasteiger partial charge in [0.1, 0.15) is 0 Å². The van der Waals surface area contributed by atoms with Crippen molar-refractivity contribution in [3.8, 4) is 0 Å². The Hall–Kier alpha value is -1.71. The van der Waals surface area contributed by atoms with Gasteiger partial charge in [-0.05, 0) is 19.1 Å². The number of anilines is 1. The SMILES string of the molecule is CCNC(=O)NNc1ccccc1. The van der Waals surface area contributed by atoms with E-state index < -0.39 is 0 Å². The van der Waals surface area contributed by atoms with Crippen LogP contribution in [0.15, 0.2) is 30.3 Å². The minimum absolute atomic E-state index is 0.230. The summed E-state index contributed by atoms with van der Waals surface area (Å²) in [5, 5.41) is 2.60. The Labute approximate surface area is 77.3 Å². The smallest absolute Gasteiger partial charge is 0.333 e. The number of hydrogen-bond donors (Lipinski definition) is 3. The van der Waals surface area contributed by atoms with E-state index in [0.29, 0.717) is 6.54 Å². The van der Waals surface area contributed by atoms with E-state index in [2.05, 4.69) is 16.2 Å². The molecule has 1 aromatic carbocycles. The third-order valence-electron chi connectivity index (χ3n) is 1.43. The zero-order chi connectivity index (χ0) is 9.52. The molecule has 0 bridgehead atoms. The molecule has 0 unspecified atom stereocenters. The summed E-state index contributed by atoms with van der Waals surface area (Å²) in [5.41, 5.74) is 6.12. The van der Waals surface area contributed by atoms with Crippen molar-refractivity contribution in [2.75, 3.05) is 12.0 Å². The lowest BCUT2D eigenvalue weighted by Gasteiger charge is -2.07. The summed E-state index contributed by atoms with van der Waals surface area (Å²) in [5.74, 6) is 0. The molecule has 0 heterocycles. The van der Waals surface area contributed by atoms with E-state index >= 15 is 0 Å². The normalized spacial score (nSPS) is 9.00. The summed E-state index contributed by atoms with van der Waals surface area (Å²) in [6.07, 6.45) is 0. The second-order valence-electron chi connectivity index (χ2n) is 2.48. The molecule has 1 rings (SSSR count). The predicted octanol–water partition coefficient (Wildman–Crippen LogP) is 1.33. The fourth-order valence-electron chi connectivity index (χ4n) is 0.855. The minimum Gasteiger partial charge on any atom is -0.337 e. The number of rotatable bonds is 3. The number of hydrogen-bond acceptors (Lipinski definition) is 2. The highest BCUT2D eigenvalue weighted by atomic mass is 16.2. The first kappa shape index (κ1) is 9.38. The van der Waals surface area contributed by atoms with Crippen LogP contribution in [0, 0.1) is 0 Å². The summed E-state index contributed by atoms with van der Waals surface area (Å²) < 4.78 is 0. The first-order chi connectivity index (χ1) is 6.33. The maximum Gasteiger partial charge on any atom is 0.333 e. The first-order valence-corrected chi connectivity index (χ1v) is 4.18. The molecule has 0 spiro atoms. The number of carbonyl (C=O) groups excluding carboxylic acids is 1. The number of benzene rings is 1. The molecule has 3 N–H and O–H groups in total. The van der Waals surface area contributed by atoms with Gasteiger partial charge < -0.3 is 5.32 Å². The Bertz CT molecular complexity index is 261. The maximum atomic E-state index is 10.9. The Morgan fingerprint density at radius 3 is 2.62 bits per heavy atom. The predicted molar refractivity (Wildman–Crippen MR) is 52.3 cm³/mol. The second-order valence-corrected chi connectivity index (χ2v) is 2.48. The van der Waals surface area contributed by atoms with Gasteiger partial charge in [-0.25, -0.2) is 4.79 Å². The van der Waals surface area contributed by atoms with Crippen LogP contribution < -0.4 is 16.2 Å². The average Bonchev–Trinajstić information content (AvgIpc) is 2.17. The second kappa shape index (κ2) is 5.03. The Kier molecular flexibility index (Phi) is 3.63. The topological polar surface area (TPSA) is 53.2 Å². The molecule has 0 saturated heterocycles. The lowest BCUT2D eigenvalue weighted by Crippen LogP contribution is -2.38. The quantitative estimate of drug-likeness (QED) is 0.613. The number of para-hydroxylation sites is 1. The molecule has 2 amide bonds. The van der Waals surface area contributed by atoms with Gasteiger partial charge in [-0.15, -0.1) is 0 Å². The van der Waals surface area contributed by atoms with Crippen LogP contribution in [-0.2, 0) is 0 Å². The van der Waals surface area contributed by atoms with Crippen LogP contribution in [0.5, 0.6) is 0 Å². The standard InChI is InChI=1S/C9H13N3O/c1-2-10-9(13)12-11-8-6-4-3-5-7-8/h3-7,11H,2H2,1H3,(H2,10,12,13). The van der Waals surface area contributed by atoms with E-state index in [1.165, 1.54) is 0 Å². The summed E-state index contributed by atoms with van der Waals surface area (Å²) in [6, 6.07) is 9.20.